The van der Waals surface area contributed by atoms with Crippen molar-refractivity contribution in [1.29, 1.82) is 0 Å². The van der Waals surface area contributed by atoms with Crippen molar-refractivity contribution in [2.75, 3.05) is 38.6 Å². The minimum Gasteiger partial charge on any atom is -0.363 e. The summed E-state index contributed by atoms with van der Waals surface area (Å²) < 4.78 is 25.6. The monoisotopic (exact) mass is 577 g/mol. The number of nitrogens with one attached hydrogen (secondary N) is 2. The van der Waals surface area contributed by atoms with Gasteiger partial charge in [-0.15, -0.1) is 35.3 Å². The van der Waals surface area contributed by atoms with E-state index in [1.807, 2.05) is 12.1 Å². The number of rotatable bonds is 7. The highest BCUT2D eigenvalue weighted by Gasteiger charge is 2.21. The first-order chi connectivity index (χ1) is 14.4. The topological polar surface area (TPSA) is 77.0 Å². The summed E-state index contributed by atoms with van der Waals surface area (Å²) in [6.07, 6.45) is 2.14. The van der Waals surface area contributed by atoms with Crippen LogP contribution in [0.2, 0.25) is 0 Å². The summed E-state index contributed by atoms with van der Waals surface area (Å²) in [4.78, 5) is 7.43. The van der Waals surface area contributed by atoms with Gasteiger partial charge in [0, 0.05) is 39.8 Å². The molecule has 7 nitrogen and oxygen atoms in total. The van der Waals surface area contributed by atoms with Gasteiger partial charge in [0.05, 0.1) is 16.4 Å². The summed E-state index contributed by atoms with van der Waals surface area (Å²) in [6, 6.07) is 11.6. The summed E-state index contributed by atoms with van der Waals surface area (Å²) in [5.74, 6) is 0.803. The third-order valence-corrected chi connectivity index (χ3v) is 7.88. The first kappa shape index (κ1) is 25.9. The van der Waals surface area contributed by atoms with Gasteiger partial charge in [0.25, 0.3) is 0 Å². The molecule has 2 aromatic rings. The van der Waals surface area contributed by atoms with Crippen molar-refractivity contribution < 1.29 is 8.42 Å². The van der Waals surface area contributed by atoms with Crippen LogP contribution >= 0.6 is 35.3 Å². The van der Waals surface area contributed by atoms with E-state index in [0.717, 1.165) is 44.0 Å². The average molecular weight is 578 g/mol. The van der Waals surface area contributed by atoms with Gasteiger partial charge in [0.15, 0.2) is 5.96 Å². The highest BCUT2D eigenvalue weighted by Crippen LogP contribution is 2.24. The van der Waals surface area contributed by atoms with E-state index in [1.54, 1.807) is 23.5 Å². The summed E-state index contributed by atoms with van der Waals surface area (Å²) in [7, 11) is -0.335. The molecule has 1 aromatic carbocycles. The van der Waals surface area contributed by atoms with E-state index >= 15 is 0 Å². The predicted octanol–water partition coefficient (Wildman–Crippen LogP) is 3.34. The fourth-order valence-corrected chi connectivity index (χ4v) is 5.04. The molecule has 0 radical (unpaired) electrons. The molecule has 0 spiro atoms. The number of guanidine groups is 1. The lowest BCUT2D eigenvalue weighted by Crippen LogP contribution is -2.48. The van der Waals surface area contributed by atoms with Gasteiger partial charge in [0.1, 0.15) is 0 Å². The van der Waals surface area contributed by atoms with Gasteiger partial charge in [-0.1, -0.05) is 12.1 Å². The number of sulfonamides is 1. The van der Waals surface area contributed by atoms with E-state index in [0.29, 0.717) is 17.5 Å². The van der Waals surface area contributed by atoms with Crippen LogP contribution in [0, 0.1) is 0 Å². The molecule has 0 atom stereocenters. The minimum absolute atomic E-state index is 0. The van der Waals surface area contributed by atoms with Crippen molar-refractivity contribution in [3.8, 4) is 0 Å². The van der Waals surface area contributed by atoms with Crippen LogP contribution in [0.3, 0.4) is 0 Å². The molecule has 1 aliphatic heterocycles. The minimum atomic E-state index is -3.40. The van der Waals surface area contributed by atoms with E-state index in [2.05, 4.69) is 40.0 Å². The van der Waals surface area contributed by atoms with E-state index in [9.17, 15) is 8.42 Å². The zero-order valence-electron chi connectivity index (χ0n) is 18.2. The fraction of sp³-hybridized carbons (Fsp3) is 0.476. The standard InChI is InChI=1S/C21H31N5O2S2.HI/c1-4-22-21(24-18-11-13-26(14-12-18)20-6-5-15-29-20)23-16-17-7-9-19(10-8-17)30(27,28)25(2)3;/h5-10,15,18H,4,11-14,16H2,1-3H3,(H2,22,23,24);1H. The van der Waals surface area contributed by atoms with Gasteiger partial charge < -0.3 is 15.5 Å². The predicted molar refractivity (Wildman–Crippen MR) is 140 cm³/mol. The average Bonchev–Trinajstić information content (AvgIpc) is 3.28. The lowest BCUT2D eigenvalue weighted by molar-refractivity contribution is 0.463. The van der Waals surface area contributed by atoms with Crippen LogP contribution in [0.5, 0.6) is 0 Å². The van der Waals surface area contributed by atoms with E-state index in [4.69, 9.17) is 4.99 Å². The second-order valence-corrected chi connectivity index (χ2v) is 10.6. The quantitative estimate of drug-likeness (QED) is 0.300. The highest BCUT2D eigenvalue weighted by molar-refractivity contribution is 14.0. The first-order valence-corrected chi connectivity index (χ1v) is 12.6. The normalized spacial score (nSPS) is 15.6. The Hall–Kier alpha value is -1.37. The van der Waals surface area contributed by atoms with Crippen LogP contribution in [0.1, 0.15) is 25.3 Å². The number of anilines is 1. The molecule has 0 aliphatic carbocycles. The first-order valence-electron chi connectivity index (χ1n) is 10.2. The Balaban J connectivity index is 0.00000341. The zero-order chi connectivity index (χ0) is 21.6. The number of hydrogen-bond donors (Lipinski definition) is 2. The number of benzene rings is 1. The highest BCUT2D eigenvalue weighted by atomic mass is 127. The van der Waals surface area contributed by atoms with Crippen LogP contribution < -0.4 is 15.5 Å². The Bertz CT molecular complexity index is 923. The number of aliphatic imine (C=N–C) groups is 1. The molecule has 2 heterocycles. The summed E-state index contributed by atoms with van der Waals surface area (Å²) in [5.41, 5.74) is 0.970. The maximum Gasteiger partial charge on any atom is 0.242 e. The second-order valence-electron chi connectivity index (χ2n) is 7.48. The molecule has 1 aliphatic rings. The van der Waals surface area contributed by atoms with Crippen molar-refractivity contribution in [2.24, 2.45) is 4.99 Å². The summed E-state index contributed by atoms with van der Waals surface area (Å²) in [6.45, 7) is 5.42. The van der Waals surface area contributed by atoms with Crippen LogP contribution in [-0.4, -0.2) is 58.5 Å². The molecule has 1 aromatic heterocycles. The smallest absolute Gasteiger partial charge is 0.242 e. The maximum absolute atomic E-state index is 12.2. The Morgan fingerprint density at radius 2 is 1.87 bits per heavy atom. The molecular formula is C21H32IN5O2S2. The van der Waals surface area contributed by atoms with Crippen LogP contribution in [0.25, 0.3) is 0 Å². The van der Waals surface area contributed by atoms with Gasteiger partial charge in [-0.2, -0.15) is 0 Å². The van der Waals surface area contributed by atoms with Gasteiger partial charge in [-0.05, 0) is 55.0 Å². The summed E-state index contributed by atoms with van der Waals surface area (Å²) in [5, 5.41) is 10.3. The number of halogens is 1. The van der Waals surface area contributed by atoms with E-state index in [1.165, 1.54) is 23.4 Å². The van der Waals surface area contributed by atoms with Gasteiger partial charge in [0.2, 0.25) is 10.0 Å². The van der Waals surface area contributed by atoms with Crippen molar-refractivity contribution in [3.05, 3.63) is 47.3 Å². The zero-order valence-corrected chi connectivity index (χ0v) is 22.2. The Morgan fingerprint density at radius 3 is 2.42 bits per heavy atom. The summed E-state index contributed by atoms with van der Waals surface area (Å²) >= 11 is 1.79. The van der Waals surface area contributed by atoms with Gasteiger partial charge >= 0.3 is 0 Å². The number of thiophene rings is 1. The van der Waals surface area contributed by atoms with Crippen molar-refractivity contribution in [1.82, 2.24) is 14.9 Å². The Kier molecular flexibility index (Phi) is 10.0. The molecule has 2 N–H and O–H groups in total. The Labute approximate surface area is 207 Å². The molecule has 0 unspecified atom stereocenters. The third-order valence-electron chi connectivity index (χ3n) is 5.12. The molecular weight excluding hydrogens is 545 g/mol. The van der Waals surface area contributed by atoms with E-state index in [-0.39, 0.29) is 24.0 Å². The molecule has 172 valence electrons. The lowest BCUT2D eigenvalue weighted by Gasteiger charge is -2.33. The van der Waals surface area contributed by atoms with Crippen molar-refractivity contribution in [3.63, 3.8) is 0 Å². The van der Waals surface area contributed by atoms with Crippen LogP contribution in [0.4, 0.5) is 5.00 Å². The van der Waals surface area contributed by atoms with Crippen molar-refractivity contribution >= 4 is 56.3 Å². The molecule has 0 bridgehead atoms. The van der Waals surface area contributed by atoms with E-state index < -0.39 is 10.0 Å². The molecule has 10 heteroatoms. The van der Waals surface area contributed by atoms with Crippen molar-refractivity contribution in [2.45, 2.75) is 37.2 Å². The molecule has 1 saturated heterocycles. The molecule has 1 fully saturated rings. The second kappa shape index (κ2) is 12.0. The number of nitrogens with zero attached hydrogens (tertiary/aromatic N) is 3. The van der Waals surface area contributed by atoms with Crippen LogP contribution in [-0.2, 0) is 16.6 Å². The van der Waals surface area contributed by atoms with Crippen LogP contribution in [0.15, 0.2) is 51.7 Å². The fourth-order valence-electron chi connectivity index (χ4n) is 3.36. The number of piperidine rings is 1. The number of hydrogen-bond acceptors (Lipinski definition) is 5. The Morgan fingerprint density at radius 1 is 1.19 bits per heavy atom. The molecule has 3 rings (SSSR count). The third kappa shape index (κ3) is 7.06. The molecule has 0 amide bonds. The van der Waals surface area contributed by atoms with Gasteiger partial charge in [-0.25, -0.2) is 17.7 Å². The lowest BCUT2D eigenvalue weighted by atomic mass is 10.1. The van der Waals surface area contributed by atoms with Gasteiger partial charge in [-0.3, -0.25) is 0 Å². The maximum atomic E-state index is 12.2. The molecule has 0 saturated carbocycles. The molecule has 31 heavy (non-hydrogen) atoms. The SMILES string of the molecule is CCNC(=NCc1ccc(S(=O)(=O)N(C)C)cc1)NC1CCN(c2cccs2)CC1.I. The largest absolute Gasteiger partial charge is 0.363 e.